The van der Waals surface area contributed by atoms with Crippen molar-refractivity contribution in [1.82, 2.24) is 0 Å². The molecule has 0 spiro atoms. The summed E-state index contributed by atoms with van der Waals surface area (Å²) < 4.78 is 2.65. The van der Waals surface area contributed by atoms with E-state index in [1.165, 1.54) is 120 Å². The zero-order chi connectivity index (χ0) is 21.9. The molecule has 3 heteroatoms. The molecule has 170 valence electrons. The van der Waals surface area contributed by atoms with Gasteiger partial charge in [-0.2, -0.15) is 0 Å². The van der Waals surface area contributed by atoms with Crippen LogP contribution < -0.4 is 0 Å². The maximum absolute atomic E-state index is 6.82. The molecule has 0 aliphatic carbocycles. The fourth-order valence-corrected chi connectivity index (χ4v) is 7.22. The Morgan fingerprint density at radius 1 is 0.677 bits per heavy atom. The van der Waals surface area contributed by atoms with Crippen molar-refractivity contribution in [3.8, 4) is 10.4 Å². The van der Waals surface area contributed by atoms with Gasteiger partial charge in [-0.25, -0.2) is 0 Å². The van der Waals surface area contributed by atoms with Crippen LogP contribution in [0.25, 0.3) is 19.8 Å². The molecule has 0 nitrogen and oxygen atoms in total. The summed E-state index contributed by atoms with van der Waals surface area (Å²) in [7, 11) is 0. The van der Waals surface area contributed by atoms with Crippen molar-refractivity contribution in [2.75, 3.05) is 0 Å². The quantitative estimate of drug-likeness (QED) is 0.192. The number of hydrogen-bond acceptors (Lipinski definition) is 2. The molecular weight excluding hydrogens is 436 g/mol. The highest BCUT2D eigenvalue weighted by atomic mass is 35.5. The molecule has 2 heterocycles. The van der Waals surface area contributed by atoms with Gasteiger partial charge in [0.2, 0.25) is 0 Å². The van der Waals surface area contributed by atoms with Gasteiger partial charge in [0.15, 0.2) is 0 Å². The maximum atomic E-state index is 6.82. The van der Waals surface area contributed by atoms with Gasteiger partial charge in [-0.15, -0.1) is 22.7 Å². The van der Waals surface area contributed by atoms with Crippen LogP contribution in [0.15, 0.2) is 30.3 Å². The maximum Gasteiger partial charge on any atom is 0.0770 e. The van der Waals surface area contributed by atoms with Crippen LogP contribution in [0.4, 0.5) is 0 Å². The Balaban J connectivity index is 1.50. The number of benzene rings is 1. The van der Waals surface area contributed by atoms with Crippen molar-refractivity contribution in [2.24, 2.45) is 0 Å². The van der Waals surface area contributed by atoms with Gasteiger partial charge < -0.3 is 0 Å². The van der Waals surface area contributed by atoms with Gasteiger partial charge in [0.05, 0.1) is 14.6 Å². The minimum atomic E-state index is 0.960. The number of aryl methyl sites for hydroxylation is 2. The lowest BCUT2D eigenvalue weighted by molar-refractivity contribution is 0.589. The molecule has 1 aromatic carbocycles. The van der Waals surface area contributed by atoms with Crippen molar-refractivity contribution < 1.29 is 0 Å². The van der Waals surface area contributed by atoms with E-state index in [0.29, 0.717) is 0 Å². The number of rotatable bonds is 15. The first-order chi connectivity index (χ1) is 15.2. The second-order valence-electron chi connectivity index (χ2n) is 8.88. The Labute approximate surface area is 203 Å². The average molecular weight is 475 g/mol. The van der Waals surface area contributed by atoms with E-state index in [-0.39, 0.29) is 0 Å². The molecule has 0 unspecified atom stereocenters. The van der Waals surface area contributed by atoms with Gasteiger partial charge in [-0.1, -0.05) is 114 Å². The first-order valence-electron chi connectivity index (χ1n) is 12.5. The minimum absolute atomic E-state index is 0.960. The summed E-state index contributed by atoms with van der Waals surface area (Å²) in [5, 5.41) is 0.960. The van der Waals surface area contributed by atoms with E-state index >= 15 is 0 Å². The van der Waals surface area contributed by atoms with E-state index in [9.17, 15) is 0 Å². The van der Waals surface area contributed by atoms with Gasteiger partial charge in [0.1, 0.15) is 0 Å². The topological polar surface area (TPSA) is 0 Å². The average Bonchev–Trinajstić information content (AvgIpc) is 3.32. The Morgan fingerprint density at radius 3 is 1.87 bits per heavy atom. The lowest BCUT2D eigenvalue weighted by atomic mass is 10.0. The van der Waals surface area contributed by atoms with E-state index < -0.39 is 0 Å². The van der Waals surface area contributed by atoms with Gasteiger partial charge in [-0.3, -0.25) is 0 Å². The van der Waals surface area contributed by atoms with Gasteiger partial charge in [-0.05, 0) is 42.9 Å². The van der Waals surface area contributed by atoms with Crippen LogP contribution in [0.5, 0.6) is 0 Å². The largest absolute Gasteiger partial charge is 0.138 e. The predicted molar refractivity (Wildman–Crippen MR) is 144 cm³/mol. The Hall–Kier alpha value is -0.830. The van der Waals surface area contributed by atoms with Gasteiger partial charge >= 0.3 is 0 Å². The molecule has 0 fully saturated rings. The molecule has 0 N–H and O–H groups in total. The van der Waals surface area contributed by atoms with Gasteiger partial charge in [0, 0.05) is 9.58 Å². The number of unbranched alkanes of at least 4 members (excludes halogenated alkanes) is 10. The number of halogens is 1. The third-order valence-corrected chi connectivity index (χ3v) is 9.30. The van der Waals surface area contributed by atoms with Crippen molar-refractivity contribution >= 4 is 43.7 Å². The Kier molecular flexibility index (Phi) is 10.9. The molecule has 0 radical (unpaired) electrons. The molecule has 3 aromatic rings. The highest BCUT2D eigenvalue weighted by Crippen LogP contribution is 2.46. The SMILES string of the molecule is CCCCCCCCCc1ccc(-c2sc3cc(CCCCCCC)sc3c2Cl)cc1. The van der Waals surface area contributed by atoms with Crippen molar-refractivity contribution in [2.45, 2.75) is 104 Å². The molecule has 0 aliphatic heterocycles. The van der Waals surface area contributed by atoms with Crippen LogP contribution in [0.3, 0.4) is 0 Å². The summed E-state index contributed by atoms with van der Waals surface area (Å²) in [5.74, 6) is 0. The van der Waals surface area contributed by atoms with Crippen LogP contribution in [-0.4, -0.2) is 0 Å². The Bertz CT molecular complexity index is 888. The van der Waals surface area contributed by atoms with Crippen LogP contribution >= 0.6 is 34.3 Å². The monoisotopic (exact) mass is 474 g/mol. The highest BCUT2D eigenvalue weighted by molar-refractivity contribution is 7.30. The van der Waals surface area contributed by atoms with E-state index in [0.717, 1.165) is 5.02 Å². The number of fused-ring (bicyclic) bond motifs is 1. The first-order valence-corrected chi connectivity index (χ1v) is 14.5. The summed E-state index contributed by atoms with van der Waals surface area (Å²) in [5.41, 5.74) is 2.72. The molecular formula is C28H39ClS2. The summed E-state index contributed by atoms with van der Waals surface area (Å²) in [4.78, 5) is 2.73. The molecule has 0 saturated heterocycles. The van der Waals surface area contributed by atoms with Gasteiger partial charge in [0.25, 0.3) is 0 Å². The van der Waals surface area contributed by atoms with E-state index in [1.807, 2.05) is 22.7 Å². The van der Waals surface area contributed by atoms with Crippen molar-refractivity contribution in [3.05, 3.63) is 45.8 Å². The van der Waals surface area contributed by atoms with E-state index in [2.05, 4.69) is 44.2 Å². The highest BCUT2D eigenvalue weighted by Gasteiger charge is 2.15. The van der Waals surface area contributed by atoms with Crippen LogP contribution in [0.2, 0.25) is 5.02 Å². The predicted octanol–water partition coefficient (Wildman–Crippen LogP) is 11.1. The second-order valence-corrected chi connectivity index (χ2v) is 11.5. The normalized spacial score (nSPS) is 11.6. The summed E-state index contributed by atoms with van der Waals surface area (Å²) >= 11 is 10.6. The van der Waals surface area contributed by atoms with E-state index in [4.69, 9.17) is 11.6 Å². The third kappa shape index (κ3) is 7.62. The fourth-order valence-electron chi connectivity index (χ4n) is 4.23. The second kappa shape index (κ2) is 13.7. The van der Waals surface area contributed by atoms with Crippen molar-refractivity contribution in [3.63, 3.8) is 0 Å². The third-order valence-electron chi connectivity index (χ3n) is 6.17. The fraction of sp³-hybridized carbons (Fsp3) is 0.571. The van der Waals surface area contributed by atoms with E-state index in [1.54, 1.807) is 0 Å². The summed E-state index contributed by atoms with van der Waals surface area (Å²) in [6.07, 6.45) is 18.7. The Morgan fingerprint density at radius 2 is 1.26 bits per heavy atom. The smallest absolute Gasteiger partial charge is 0.0770 e. The summed E-state index contributed by atoms with van der Waals surface area (Å²) in [6, 6.07) is 11.5. The van der Waals surface area contributed by atoms with Crippen LogP contribution in [0, 0.1) is 0 Å². The molecule has 0 amide bonds. The minimum Gasteiger partial charge on any atom is -0.138 e. The van der Waals surface area contributed by atoms with Crippen LogP contribution in [0.1, 0.15) is 101 Å². The molecule has 0 saturated carbocycles. The molecule has 2 aromatic heterocycles. The molecule has 0 atom stereocenters. The van der Waals surface area contributed by atoms with Crippen LogP contribution in [-0.2, 0) is 12.8 Å². The number of hydrogen-bond donors (Lipinski definition) is 0. The zero-order valence-corrected chi connectivity index (χ0v) is 21.9. The number of thiophene rings is 2. The zero-order valence-electron chi connectivity index (χ0n) is 19.5. The first kappa shape index (κ1) is 24.8. The molecule has 3 rings (SSSR count). The standard InChI is InChI=1S/C28H39ClS2/c1-3-5-7-9-10-12-13-15-22-17-19-23(20-18-22)27-26(29)28-25(31-27)21-24(30-28)16-14-11-8-6-4-2/h17-21H,3-16H2,1-2H3. The van der Waals surface area contributed by atoms with Crippen molar-refractivity contribution in [1.29, 1.82) is 0 Å². The summed E-state index contributed by atoms with van der Waals surface area (Å²) in [6.45, 7) is 4.56. The molecule has 31 heavy (non-hydrogen) atoms. The lowest BCUT2D eigenvalue weighted by Gasteiger charge is -2.04. The lowest BCUT2D eigenvalue weighted by Crippen LogP contribution is -1.87. The molecule has 0 bridgehead atoms. The molecule has 0 aliphatic rings.